The maximum absolute atomic E-state index is 12.9. The number of hydrogen-bond donors (Lipinski definition) is 3. The van der Waals surface area contributed by atoms with Crippen LogP contribution in [-0.4, -0.2) is 16.1 Å². The highest BCUT2D eigenvalue weighted by Gasteiger charge is 2.11. The van der Waals surface area contributed by atoms with Crippen molar-refractivity contribution < 1.29 is 23.1 Å². The van der Waals surface area contributed by atoms with Crippen molar-refractivity contribution in [1.82, 2.24) is 5.01 Å². The topological polar surface area (TPSA) is 92.6 Å². The SMILES string of the molecule is N/C(=C\N(N)Cc1cc(F)c(F)c(F)c1)C(=O)O. The molecule has 0 saturated heterocycles. The van der Waals surface area contributed by atoms with E-state index in [1.165, 1.54) is 0 Å². The van der Waals surface area contributed by atoms with Crippen LogP contribution in [0.1, 0.15) is 5.56 Å². The Morgan fingerprint density at radius 3 is 2.28 bits per heavy atom. The quantitative estimate of drug-likeness (QED) is 0.320. The van der Waals surface area contributed by atoms with Crippen molar-refractivity contribution in [3.63, 3.8) is 0 Å². The molecule has 0 fully saturated rings. The maximum atomic E-state index is 12.9. The fourth-order valence-corrected chi connectivity index (χ4v) is 1.19. The fourth-order valence-electron chi connectivity index (χ4n) is 1.19. The van der Waals surface area contributed by atoms with Gasteiger partial charge < -0.3 is 15.8 Å². The second-order valence-electron chi connectivity index (χ2n) is 3.44. The normalized spacial score (nSPS) is 11.4. The molecule has 0 atom stereocenters. The van der Waals surface area contributed by atoms with Gasteiger partial charge in [-0.15, -0.1) is 0 Å². The lowest BCUT2D eigenvalue weighted by Crippen LogP contribution is -2.27. The van der Waals surface area contributed by atoms with Crippen molar-refractivity contribution in [3.8, 4) is 0 Å². The summed E-state index contributed by atoms with van der Waals surface area (Å²) in [4.78, 5) is 10.4. The van der Waals surface area contributed by atoms with Crippen LogP contribution in [0.2, 0.25) is 0 Å². The zero-order valence-corrected chi connectivity index (χ0v) is 9.03. The van der Waals surface area contributed by atoms with E-state index in [9.17, 15) is 18.0 Å². The van der Waals surface area contributed by atoms with Crippen LogP contribution in [0.3, 0.4) is 0 Å². The second kappa shape index (κ2) is 5.41. The first-order chi connectivity index (χ1) is 8.31. The molecule has 0 aliphatic carbocycles. The molecule has 1 aromatic carbocycles. The van der Waals surface area contributed by atoms with Crippen LogP contribution in [-0.2, 0) is 11.3 Å². The van der Waals surface area contributed by atoms with Crippen LogP contribution in [0.15, 0.2) is 24.0 Å². The third-order valence-corrected chi connectivity index (χ3v) is 1.96. The molecule has 0 unspecified atom stereocenters. The molecule has 5 nitrogen and oxygen atoms in total. The minimum Gasteiger partial charge on any atom is -0.477 e. The summed E-state index contributed by atoms with van der Waals surface area (Å²) in [6.45, 7) is -0.234. The Kier molecular flexibility index (Phi) is 4.16. The van der Waals surface area contributed by atoms with Gasteiger partial charge in [-0.25, -0.2) is 23.8 Å². The maximum Gasteiger partial charge on any atom is 0.353 e. The van der Waals surface area contributed by atoms with Gasteiger partial charge >= 0.3 is 5.97 Å². The summed E-state index contributed by atoms with van der Waals surface area (Å²) in [6.07, 6.45) is 0.876. The minimum atomic E-state index is -1.58. The number of nitrogens with zero attached hydrogens (tertiary/aromatic N) is 1. The van der Waals surface area contributed by atoms with Crippen LogP contribution in [0.4, 0.5) is 13.2 Å². The predicted molar refractivity (Wildman–Crippen MR) is 56.0 cm³/mol. The van der Waals surface area contributed by atoms with Gasteiger partial charge in [0.15, 0.2) is 17.5 Å². The molecule has 0 saturated carbocycles. The standard InChI is InChI=1S/C10H10F3N3O2/c11-6-1-5(2-7(12)9(6)13)3-16(15)4-8(14)10(17)18/h1-2,4H,3,14-15H2,(H,17,18)/b8-4-. The number of nitrogens with two attached hydrogens (primary N) is 2. The van der Waals surface area contributed by atoms with Crippen molar-refractivity contribution in [2.45, 2.75) is 6.54 Å². The first kappa shape index (κ1) is 13.8. The van der Waals surface area contributed by atoms with Gasteiger partial charge in [-0.3, -0.25) is 0 Å². The molecule has 0 heterocycles. The average molecular weight is 261 g/mol. The van der Waals surface area contributed by atoms with E-state index >= 15 is 0 Å². The van der Waals surface area contributed by atoms with Gasteiger partial charge in [0.05, 0.1) is 6.54 Å². The summed E-state index contributed by atoms with van der Waals surface area (Å²) < 4.78 is 38.4. The Labute approximate surface area is 100 Å². The molecule has 0 bridgehead atoms. The molecule has 0 aliphatic heterocycles. The Hall–Kier alpha value is -2.22. The lowest BCUT2D eigenvalue weighted by molar-refractivity contribution is -0.132. The summed E-state index contributed by atoms with van der Waals surface area (Å²) in [7, 11) is 0. The Morgan fingerprint density at radius 2 is 1.83 bits per heavy atom. The molecular weight excluding hydrogens is 251 g/mol. The van der Waals surface area contributed by atoms with E-state index in [0.717, 1.165) is 23.3 Å². The van der Waals surface area contributed by atoms with Crippen LogP contribution in [0.25, 0.3) is 0 Å². The van der Waals surface area contributed by atoms with Crippen molar-refractivity contribution in [3.05, 3.63) is 47.0 Å². The van der Waals surface area contributed by atoms with Crippen molar-refractivity contribution >= 4 is 5.97 Å². The van der Waals surface area contributed by atoms with Gasteiger partial charge in [0.25, 0.3) is 0 Å². The minimum absolute atomic E-state index is 0.0309. The highest BCUT2D eigenvalue weighted by molar-refractivity contribution is 5.85. The number of carbonyl (C=O) groups is 1. The van der Waals surface area contributed by atoms with E-state index < -0.39 is 29.1 Å². The van der Waals surface area contributed by atoms with Gasteiger partial charge in [-0.05, 0) is 17.7 Å². The van der Waals surface area contributed by atoms with Crippen molar-refractivity contribution in [2.24, 2.45) is 11.6 Å². The molecular formula is C10H10F3N3O2. The lowest BCUT2D eigenvalue weighted by Gasteiger charge is -2.14. The Bertz CT molecular complexity index is 482. The van der Waals surface area contributed by atoms with Crippen molar-refractivity contribution in [1.29, 1.82) is 0 Å². The molecule has 1 aromatic rings. The molecule has 0 radical (unpaired) electrons. The molecule has 0 spiro atoms. The zero-order chi connectivity index (χ0) is 13.9. The van der Waals surface area contributed by atoms with Gasteiger partial charge in [0.2, 0.25) is 0 Å². The summed E-state index contributed by atoms with van der Waals surface area (Å²) in [5.41, 5.74) is 4.58. The zero-order valence-electron chi connectivity index (χ0n) is 9.03. The fraction of sp³-hybridized carbons (Fsp3) is 0.100. The first-order valence-corrected chi connectivity index (χ1v) is 4.66. The number of halogens is 3. The van der Waals surface area contributed by atoms with Gasteiger partial charge in [0, 0.05) is 6.20 Å². The average Bonchev–Trinajstić information content (AvgIpc) is 2.25. The molecule has 1 rings (SSSR count). The highest BCUT2D eigenvalue weighted by atomic mass is 19.2. The summed E-state index contributed by atoms with van der Waals surface area (Å²) >= 11 is 0. The number of aliphatic carboxylic acids is 1. The number of rotatable bonds is 4. The number of benzene rings is 1. The molecule has 8 heteroatoms. The first-order valence-electron chi connectivity index (χ1n) is 4.66. The molecule has 0 aliphatic rings. The van der Waals surface area contributed by atoms with Crippen LogP contribution < -0.4 is 11.6 Å². The smallest absolute Gasteiger partial charge is 0.353 e. The number of hydrazine groups is 1. The van der Waals surface area contributed by atoms with Crippen LogP contribution in [0, 0.1) is 17.5 Å². The largest absolute Gasteiger partial charge is 0.477 e. The van der Waals surface area contributed by atoms with Gasteiger partial charge in [-0.2, -0.15) is 0 Å². The number of carboxylic acid groups (broad SMARTS) is 1. The molecule has 0 aromatic heterocycles. The van der Waals surface area contributed by atoms with Crippen LogP contribution >= 0.6 is 0 Å². The third kappa shape index (κ3) is 3.39. The Balaban J connectivity index is 2.86. The second-order valence-corrected chi connectivity index (χ2v) is 3.44. The third-order valence-electron chi connectivity index (χ3n) is 1.96. The van der Waals surface area contributed by atoms with Gasteiger partial charge in [-0.1, -0.05) is 0 Å². The molecule has 98 valence electrons. The van der Waals surface area contributed by atoms with E-state index in [-0.39, 0.29) is 12.1 Å². The number of hydrogen-bond acceptors (Lipinski definition) is 4. The van der Waals surface area contributed by atoms with E-state index in [2.05, 4.69) is 0 Å². The Morgan fingerprint density at radius 1 is 1.33 bits per heavy atom. The van der Waals surface area contributed by atoms with E-state index in [0.29, 0.717) is 0 Å². The highest BCUT2D eigenvalue weighted by Crippen LogP contribution is 2.14. The van der Waals surface area contributed by atoms with E-state index in [1.54, 1.807) is 0 Å². The monoisotopic (exact) mass is 261 g/mol. The summed E-state index contributed by atoms with van der Waals surface area (Å²) in [6, 6.07) is 1.51. The lowest BCUT2D eigenvalue weighted by atomic mass is 10.2. The number of carboxylic acids is 1. The van der Waals surface area contributed by atoms with Gasteiger partial charge in [0.1, 0.15) is 5.70 Å². The predicted octanol–water partition coefficient (Wildman–Crippen LogP) is 0.664. The molecule has 0 amide bonds. The van der Waals surface area contributed by atoms with E-state index in [1.807, 2.05) is 0 Å². The molecule has 18 heavy (non-hydrogen) atoms. The van der Waals surface area contributed by atoms with Crippen molar-refractivity contribution in [2.75, 3.05) is 0 Å². The van der Waals surface area contributed by atoms with Crippen LogP contribution in [0.5, 0.6) is 0 Å². The molecule has 5 N–H and O–H groups in total. The van der Waals surface area contributed by atoms with E-state index in [4.69, 9.17) is 16.7 Å². The summed E-state index contributed by atoms with van der Waals surface area (Å²) in [5, 5.41) is 9.29. The summed E-state index contributed by atoms with van der Waals surface area (Å²) in [5.74, 6) is -0.316.